The maximum absolute atomic E-state index is 12.7. The summed E-state index contributed by atoms with van der Waals surface area (Å²) in [5, 5.41) is 13.5. The highest BCUT2D eigenvalue weighted by atomic mass is 19.1. The summed E-state index contributed by atoms with van der Waals surface area (Å²) in [4.78, 5) is 0. The molecule has 92 valence electrons. The lowest BCUT2D eigenvalue weighted by molar-refractivity contribution is 0.0135. The zero-order chi connectivity index (χ0) is 12.1. The van der Waals surface area contributed by atoms with Crippen molar-refractivity contribution in [3.8, 4) is 0 Å². The van der Waals surface area contributed by atoms with Gasteiger partial charge in [-0.3, -0.25) is 0 Å². The molecule has 17 heavy (non-hydrogen) atoms. The third-order valence-electron chi connectivity index (χ3n) is 3.21. The van der Waals surface area contributed by atoms with Gasteiger partial charge in [0, 0.05) is 0 Å². The molecule has 1 saturated heterocycles. The highest BCUT2D eigenvalue weighted by molar-refractivity contribution is 5.48. The molecule has 2 rings (SSSR count). The normalized spacial score (nSPS) is 19.6. The number of aliphatic hydroxyl groups is 1. The molecule has 0 spiro atoms. The Morgan fingerprint density at radius 3 is 2.53 bits per heavy atom. The predicted octanol–water partition coefficient (Wildman–Crippen LogP) is 2.34. The Bertz CT molecular complexity index is 380. The molecule has 1 heterocycles. The lowest BCUT2D eigenvalue weighted by Crippen LogP contribution is -2.41. The molecule has 0 aromatic heterocycles. The van der Waals surface area contributed by atoms with E-state index in [9.17, 15) is 9.50 Å². The zero-order valence-electron chi connectivity index (χ0n) is 9.82. The summed E-state index contributed by atoms with van der Waals surface area (Å²) in [7, 11) is 0. The van der Waals surface area contributed by atoms with Crippen LogP contribution in [0.2, 0.25) is 0 Å². The summed E-state index contributed by atoms with van der Waals surface area (Å²) >= 11 is 0. The number of benzene rings is 1. The van der Waals surface area contributed by atoms with Crippen molar-refractivity contribution < 1.29 is 9.50 Å². The predicted molar refractivity (Wildman–Crippen MR) is 67.1 cm³/mol. The monoisotopic (exact) mass is 235 g/mol. The quantitative estimate of drug-likeness (QED) is 0.843. The number of hydrogen-bond acceptors (Lipinski definition) is 2. The van der Waals surface area contributed by atoms with Gasteiger partial charge < -0.3 is 10.4 Å². The van der Waals surface area contributed by atoms with E-state index in [0.717, 1.165) is 31.5 Å². The van der Waals surface area contributed by atoms with Crippen molar-refractivity contribution in [1.82, 2.24) is 5.32 Å². The van der Waals surface area contributed by atoms with E-state index in [1.54, 1.807) is 12.1 Å². The van der Waals surface area contributed by atoms with Crippen molar-refractivity contribution >= 4 is 6.08 Å². The van der Waals surface area contributed by atoms with Crippen LogP contribution in [0.5, 0.6) is 0 Å². The summed E-state index contributed by atoms with van der Waals surface area (Å²) in [6.45, 7) is 1.75. The summed E-state index contributed by atoms with van der Waals surface area (Å²) in [5.74, 6) is -0.223. The van der Waals surface area contributed by atoms with Crippen LogP contribution in [-0.4, -0.2) is 23.8 Å². The molecular weight excluding hydrogens is 217 g/mol. The summed E-state index contributed by atoms with van der Waals surface area (Å²) in [6, 6.07) is 6.36. The second-order valence-corrected chi connectivity index (χ2v) is 4.63. The first kappa shape index (κ1) is 12.3. The number of nitrogens with one attached hydrogen (secondary N) is 1. The number of halogens is 1. The topological polar surface area (TPSA) is 32.3 Å². The molecular formula is C14H18FNO. The van der Waals surface area contributed by atoms with E-state index in [0.29, 0.717) is 6.42 Å². The zero-order valence-corrected chi connectivity index (χ0v) is 9.82. The lowest BCUT2D eigenvalue weighted by atomic mass is 9.89. The number of rotatable bonds is 3. The number of hydrogen-bond donors (Lipinski definition) is 2. The fourth-order valence-electron chi connectivity index (χ4n) is 2.08. The largest absolute Gasteiger partial charge is 0.389 e. The van der Waals surface area contributed by atoms with Gasteiger partial charge in [-0.05, 0) is 50.0 Å². The van der Waals surface area contributed by atoms with Gasteiger partial charge in [0.2, 0.25) is 0 Å². The third kappa shape index (κ3) is 3.65. The van der Waals surface area contributed by atoms with E-state index in [1.165, 1.54) is 12.1 Å². The Morgan fingerprint density at radius 1 is 1.24 bits per heavy atom. The molecule has 2 nitrogen and oxygen atoms in total. The minimum Gasteiger partial charge on any atom is -0.389 e. The van der Waals surface area contributed by atoms with Crippen molar-refractivity contribution in [1.29, 1.82) is 0 Å². The first-order chi connectivity index (χ1) is 8.18. The van der Waals surface area contributed by atoms with Gasteiger partial charge in [-0.25, -0.2) is 4.39 Å². The van der Waals surface area contributed by atoms with Crippen LogP contribution in [-0.2, 0) is 0 Å². The van der Waals surface area contributed by atoms with E-state index >= 15 is 0 Å². The lowest BCUT2D eigenvalue weighted by Gasteiger charge is -2.31. The van der Waals surface area contributed by atoms with Crippen LogP contribution in [0.1, 0.15) is 24.8 Å². The fraction of sp³-hybridized carbons (Fsp3) is 0.429. The molecule has 0 saturated carbocycles. The molecule has 3 heteroatoms. The molecule has 0 aliphatic carbocycles. The number of piperidine rings is 1. The van der Waals surface area contributed by atoms with E-state index in [2.05, 4.69) is 5.32 Å². The van der Waals surface area contributed by atoms with E-state index in [1.807, 2.05) is 12.2 Å². The Labute approximate surface area is 101 Å². The van der Waals surface area contributed by atoms with Crippen LogP contribution in [0.3, 0.4) is 0 Å². The minimum atomic E-state index is -0.568. The Balaban J connectivity index is 1.90. The summed E-state index contributed by atoms with van der Waals surface area (Å²) in [5.41, 5.74) is 0.394. The molecule has 1 fully saturated rings. The highest BCUT2D eigenvalue weighted by Crippen LogP contribution is 2.22. The first-order valence-electron chi connectivity index (χ1n) is 6.03. The van der Waals surface area contributed by atoms with Crippen LogP contribution in [0.4, 0.5) is 4.39 Å². The molecule has 0 atom stereocenters. The Kier molecular flexibility index (Phi) is 3.92. The molecule has 1 aromatic rings. The van der Waals surface area contributed by atoms with Crippen molar-refractivity contribution in [3.05, 3.63) is 41.7 Å². The summed E-state index contributed by atoms with van der Waals surface area (Å²) in [6.07, 6.45) is 6.14. The van der Waals surface area contributed by atoms with Gasteiger partial charge in [-0.1, -0.05) is 24.3 Å². The smallest absolute Gasteiger partial charge is 0.123 e. The van der Waals surface area contributed by atoms with Crippen molar-refractivity contribution in [3.63, 3.8) is 0 Å². The molecule has 1 aliphatic rings. The average Bonchev–Trinajstić information content (AvgIpc) is 2.32. The maximum atomic E-state index is 12.7. The van der Waals surface area contributed by atoms with Crippen molar-refractivity contribution in [2.75, 3.05) is 13.1 Å². The molecule has 1 aromatic carbocycles. The van der Waals surface area contributed by atoms with E-state index < -0.39 is 5.60 Å². The minimum absolute atomic E-state index is 0.223. The van der Waals surface area contributed by atoms with E-state index in [-0.39, 0.29) is 5.82 Å². The van der Waals surface area contributed by atoms with E-state index in [4.69, 9.17) is 0 Å². The van der Waals surface area contributed by atoms with Gasteiger partial charge in [-0.15, -0.1) is 0 Å². The maximum Gasteiger partial charge on any atom is 0.123 e. The van der Waals surface area contributed by atoms with Crippen LogP contribution in [0.25, 0.3) is 6.08 Å². The van der Waals surface area contributed by atoms with Crippen molar-refractivity contribution in [2.45, 2.75) is 24.9 Å². The van der Waals surface area contributed by atoms with Gasteiger partial charge >= 0.3 is 0 Å². The van der Waals surface area contributed by atoms with Gasteiger partial charge in [0.15, 0.2) is 0 Å². The molecule has 0 unspecified atom stereocenters. The van der Waals surface area contributed by atoms with Crippen LogP contribution < -0.4 is 5.32 Å². The van der Waals surface area contributed by atoms with Gasteiger partial charge in [0.25, 0.3) is 0 Å². The van der Waals surface area contributed by atoms with Gasteiger partial charge in [-0.2, -0.15) is 0 Å². The first-order valence-corrected chi connectivity index (χ1v) is 6.03. The van der Waals surface area contributed by atoms with Crippen LogP contribution in [0.15, 0.2) is 30.3 Å². The Morgan fingerprint density at radius 2 is 1.88 bits per heavy atom. The molecule has 0 radical (unpaired) electrons. The molecule has 1 aliphatic heterocycles. The van der Waals surface area contributed by atoms with Crippen LogP contribution in [0, 0.1) is 5.82 Å². The summed E-state index contributed by atoms with van der Waals surface area (Å²) < 4.78 is 12.7. The second kappa shape index (κ2) is 5.43. The SMILES string of the molecule is OC1(C/C=C/c2ccc(F)cc2)CCNCC1. The standard InChI is InChI=1S/C14H18FNO/c15-13-5-3-12(4-6-13)2-1-7-14(17)8-10-16-11-9-14/h1-6,16-17H,7-11H2/b2-1+. The second-order valence-electron chi connectivity index (χ2n) is 4.63. The molecule has 2 N–H and O–H groups in total. The van der Waals surface area contributed by atoms with Crippen LogP contribution >= 0.6 is 0 Å². The van der Waals surface area contributed by atoms with Gasteiger partial charge in [0.05, 0.1) is 5.60 Å². The Hall–Kier alpha value is -1.19. The molecule has 0 amide bonds. The fourth-order valence-corrected chi connectivity index (χ4v) is 2.08. The third-order valence-corrected chi connectivity index (χ3v) is 3.21. The average molecular weight is 235 g/mol. The van der Waals surface area contributed by atoms with Crippen molar-refractivity contribution in [2.24, 2.45) is 0 Å². The van der Waals surface area contributed by atoms with Gasteiger partial charge in [0.1, 0.15) is 5.82 Å². The molecule has 0 bridgehead atoms. The highest BCUT2D eigenvalue weighted by Gasteiger charge is 2.27.